The first-order valence-electron chi connectivity index (χ1n) is 6.16. The van der Waals surface area contributed by atoms with Crippen molar-refractivity contribution in [2.24, 2.45) is 0 Å². The molecule has 0 aromatic carbocycles. The lowest BCUT2D eigenvalue weighted by Crippen LogP contribution is -2.52. The van der Waals surface area contributed by atoms with Gasteiger partial charge in [0, 0.05) is 19.2 Å². The summed E-state index contributed by atoms with van der Waals surface area (Å²) in [4.78, 5) is 0. The maximum atomic E-state index is 11.9. The van der Waals surface area contributed by atoms with Crippen LogP contribution in [0.15, 0.2) is 0 Å². The quantitative estimate of drug-likeness (QED) is 0.732. The third kappa shape index (κ3) is 5.81. The zero-order chi connectivity index (χ0) is 12.9. The minimum Gasteiger partial charge on any atom is -0.380 e. The minimum atomic E-state index is -3.23. The Balaban J connectivity index is 2.42. The minimum absolute atomic E-state index is 0.112. The summed E-state index contributed by atoms with van der Waals surface area (Å²) in [5.74, 6) is 0.112. The van der Waals surface area contributed by atoms with E-state index in [1.807, 2.05) is 20.8 Å². The molecule has 17 heavy (non-hydrogen) atoms. The van der Waals surface area contributed by atoms with Crippen LogP contribution < -0.4 is 10.0 Å². The van der Waals surface area contributed by atoms with Crippen molar-refractivity contribution in [3.8, 4) is 0 Å². The molecular weight excluding hydrogens is 240 g/mol. The number of ether oxygens (including phenoxy) is 1. The van der Waals surface area contributed by atoms with Crippen LogP contribution in [0.3, 0.4) is 0 Å². The molecule has 1 aliphatic heterocycles. The van der Waals surface area contributed by atoms with Gasteiger partial charge in [0.2, 0.25) is 10.0 Å². The summed E-state index contributed by atoms with van der Waals surface area (Å²) in [7, 11) is -3.23. The first kappa shape index (κ1) is 14.9. The summed E-state index contributed by atoms with van der Waals surface area (Å²) in [6.07, 6.45) is 1.74. The van der Waals surface area contributed by atoms with E-state index in [9.17, 15) is 8.42 Å². The molecule has 0 aromatic rings. The second-order valence-electron chi connectivity index (χ2n) is 5.25. The molecule has 1 saturated heterocycles. The van der Waals surface area contributed by atoms with Gasteiger partial charge in [-0.1, -0.05) is 13.8 Å². The third-order valence-corrected chi connectivity index (χ3v) is 4.31. The summed E-state index contributed by atoms with van der Waals surface area (Å²) in [6.45, 7) is 7.56. The standard InChI is InChI=1S/C11H24N2O3S/c1-10(2)12-6-8-17(14,15)13-11(3)5-4-7-16-9-11/h10,12-13H,4-9H2,1-3H3. The Morgan fingerprint density at radius 1 is 1.41 bits per heavy atom. The van der Waals surface area contributed by atoms with Crippen molar-refractivity contribution >= 4 is 10.0 Å². The topological polar surface area (TPSA) is 67.4 Å². The zero-order valence-corrected chi connectivity index (χ0v) is 11.8. The Hall–Kier alpha value is -0.170. The van der Waals surface area contributed by atoms with Crippen LogP contribution in [-0.4, -0.2) is 45.5 Å². The summed E-state index contributed by atoms with van der Waals surface area (Å²) in [6, 6.07) is 0.304. The molecule has 0 saturated carbocycles. The van der Waals surface area contributed by atoms with E-state index in [0.717, 1.165) is 19.4 Å². The van der Waals surface area contributed by atoms with Crippen LogP contribution >= 0.6 is 0 Å². The van der Waals surface area contributed by atoms with Crippen molar-refractivity contribution in [1.29, 1.82) is 0 Å². The Morgan fingerprint density at radius 3 is 2.65 bits per heavy atom. The molecule has 102 valence electrons. The lowest BCUT2D eigenvalue weighted by Gasteiger charge is -2.33. The van der Waals surface area contributed by atoms with E-state index in [4.69, 9.17) is 4.74 Å². The average molecular weight is 264 g/mol. The molecule has 2 N–H and O–H groups in total. The highest BCUT2D eigenvalue weighted by Crippen LogP contribution is 2.19. The van der Waals surface area contributed by atoms with Crippen LogP contribution in [-0.2, 0) is 14.8 Å². The lowest BCUT2D eigenvalue weighted by atomic mass is 9.97. The molecule has 1 atom stereocenters. The van der Waals surface area contributed by atoms with Crippen LogP contribution in [0.2, 0.25) is 0 Å². The second-order valence-corrected chi connectivity index (χ2v) is 7.09. The summed E-state index contributed by atoms with van der Waals surface area (Å²) < 4.78 is 31.8. The van der Waals surface area contributed by atoms with Crippen LogP contribution in [0.5, 0.6) is 0 Å². The van der Waals surface area contributed by atoms with Crippen LogP contribution in [0, 0.1) is 0 Å². The monoisotopic (exact) mass is 264 g/mol. The molecule has 5 nitrogen and oxygen atoms in total. The highest BCUT2D eigenvalue weighted by Gasteiger charge is 2.31. The molecule has 1 rings (SSSR count). The molecule has 0 aromatic heterocycles. The fourth-order valence-corrected chi connectivity index (χ4v) is 3.32. The van der Waals surface area contributed by atoms with Crippen LogP contribution in [0.4, 0.5) is 0 Å². The van der Waals surface area contributed by atoms with Gasteiger partial charge < -0.3 is 10.1 Å². The highest BCUT2D eigenvalue weighted by atomic mass is 32.2. The maximum Gasteiger partial charge on any atom is 0.213 e. The Kier molecular flexibility index (Phi) is 5.37. The fraction of sp³-hybridized carbons (Fsp3) is 1.00. The molecule has 0 spiro atoms. The SMILES string of the molecule is CC(C)NCCS(=O)(=O)NC1(C)CCCOC1. The first-order valence-corrected chi connectivity index (χ1v) is 7.81. The van der Waals surface area contributed by atoms with Crippen molar-refractivity contribution < 1.29 is 13.2 Å². The van der Waals surface area contributed by atoms with Crippen LogP contribution in [0.25, 0.3) is 0 Å². The fourth-order valence-electron chi connectivity index (χ4n) is 1.92. The number of hydrogen-bond acceptors (Lipinski definition) is 4. The predicted molar refractivity (Wildman–Crippen MR) is 68.5 cm³/mol. The molecule has 0 bridgehead atoms. The smallest absolute Gasteiger partial charge is 0.213 e. The van der Waals surface area contributed by atoms with Crippen molar-refractivity contribution in [2.75, 3.05) is 25.5 Å². The molecule has 0 amide bonds. The summed E-state index contributed by atoms with van der Waals surface area (Å²) >= 11 is 0. The largest absolute Gasteiger partial charge is 0.380 e. The molecule has 6 heteroatoms. The molecule has 0 aliphatic carbocycles. The summed E-state index contributed by atoms with van der Waals surface area (Å²) in [5, 5.41) is 3.10. The van der Waals surface area contributed by atoms with Gasteiger partial charge in [-0.2, -0.15) is 0 Å². The number of rotatable bonds is 6. The van der Waals surface area contributed by atoms with E-state index < -0.39 is 15.6 Å². The molecule has 1 heterocycles. The normalized spacial score (nSPS) is 26.4. The van der Waals surface area contributed by atoms with E-state index >= 15 is 0 Å². The first-order chi connectivity index (χ1) is 7.83. The lowest BCUT2D eigenvalue weighted by molar-refractivity contribution is 0.0386. The molecule has 1 aliphatic rings. The van der Waals surface area contributed by atoms with E-state index in [2.05, 4.69) is 10.0 Å². The van der Waals surface area contributed by atoms with Gasteiger partial charge in [-0.15, -0.1) is 0 Å². The number of nitrogens with one attached hydrogen (secondary N) is 2. The number of hydrogen-bond donors (Lipinski definition) is 2. The maximum absolute atomic E-state index is 11.9. The van der Waals surface area contributed by atoms with Gasteiger partial charge in [0.1, 0.15) is 0 Å². The van der Waals surface area contributed by atoms with Gasteiger partial charge in [0.15, 0.2) is 0 Å². The van der Waals surface area contributed by atoms with Crippen molar-refractivity contribution in [3.05, 3.63) is 0 Å². The zero-order valence-electron chi connectivity index (χ0n) is 11.0. The van der Waals surface area contributed by atoms with Crippen molar-refractivity contribution in [1.82, 2.24) is 10.0 Å². The van der Waals surface area contributed by atoms with Crippen molar-refractivity contribution in [3.63, 3.8) is 0 Å². The predicted octanol–water partition coefficient (Wildman–Crippen LogP) is 0.473. The van der Waals surface area contributed by atoms with Gasteiger partial charge in [0.25, 0.3) is 0 Å². The second kappa shape index (κ2) is 6.13. The summed E-state index contributed by atoms with van der Waals surface area (Å²) in [5.41, 5.74) is -0.436. The van der Waals surface area contributed by atoms with Crippen molar-refractivity contribution in [2.45, 2.75) is 45.2 Å². The Bertz CT molecular complexity index is 322. The average Bonchev–Trinajstić information content (AvgIpc) is 2.15. The highest BCUT2D eigenvalue weighted by molar-refractivity contribution is 7.89. The van der Waals surface area contributed by atoms with Crippen LogP contribution in [0.1, 0.15) is 33.6 Å². The van der Waals surface area contributed by atoms with Gasteiger partial charge >= 0.3 is 0 Å². The van der Waals surface area contributed by atoms with E-state index in [-0.39, 0.29) is 5.75 Å². The van der Waals surface area contributed by atoms with E-state index in [0.29, 0.717) is 19.2 Å². The van der Waals surface area contributed by atoms with Gasteiger partial charge in [0.05, 0.1) is 17.9 Å². The number of sulfonamides is 1. The Labute approximate surface area is 104 Å². The molecular formula is C11H24N2O3S. The molecule has 0 radical (unpaired) electrons. The molecule has 1 fully saturated rings. The third-order valence-electron chi connectivity index (χ3n) is 2.76. The van der Waals surface area contributed by atoms with Gasteiger partial charge in [-0.25, -0.2) is 13.1 Å². The van der Waals surface area contributed by atoms with E-state index in [1.54, 1.807) is 0 Å². The molecule has 1 unspecified atom stereocenters. The van der Waals surface area contributed by atoms with Gasteiger partial charge in [-0.3, -0.25) is 0 Å². The van der Waals surface area contributed by atoms with E-state index in [1.165, 1.54) is 0 Å². The van der Waals surface area contributed by atoms with Gasteiger partial charge in [-0.05, 0) is 19.8 Å². The Morgan fingerprint density at radius 2 is 2.12 bits per heavy atom.